The van der Waals surface area contributed by atoms with Crippen molar-refractivity contribution in [3.8, 4) is 11.3 Å². The minimum atomic E-state index is -3.76. The third kappa shape index (κ3) is 4.28. The number of nitrogens with one attached hydrogen (secondary N) is 1. The summed E-state index contributed by atoms with van der Waals surface area (Å²) in [7, 11) is -3.76. The molecule has 0 fully saturated rings. The molecule has 0 bridgehead atoms. The lowest BCUT2D eigenvalue weighted by Crippen LogP contribution is -2.16. The summed E-state index contributed by atoms with van der Waals surface area (Å²) in [5, 5.41) is 9.77. The van der Waals surface area contributed by atoms with Crippen molar-refractivity contribution in [2.75, 3.05) is 5.32 Å². The van der Waals surface area contributed by atoms with Crippen LogP contribution in [-0.4, -0.2) is 23.7 Å². The second kappa shape index (κ2) is 8.02. The van der Waals surface area contributed by atoms with Gasteiger partial charge < -0.3 is 5.32 Å². The highest BCUT2D eigenvalue weighted by atomic mass is 32.2. The summed E-state index contributed by atoms with van der Waals surface area (Å²) in [6.07, 6.45) is 3.10. The van der Waals surface area contributed by atoms with Gasteiger partial charge in [-0.1, -0.05) is 31.2 Å². The van der Waals surface area contributed by atoms with Crippen molar-refractivity contribution in [1.82, 2.24) is 9.38 Å². The maximum Gasteiger partial charge on any atom is 0.238 e. The second-order valence-electron chi connectivity index (χ2n) is 6.85. The van der Waals surface area contributed by atoms with Gasteiger partial charge in [0, 0.05) is 28.5 Å². The molecule has 4 rings (SSSR count). The maximum atomic E-state index is 12.5. The summed E-state index contributed by atoms with van der Waals surface area (Å²) in [4.78, 5) is 18.0. The molecule has 4 aromatic rings. The highest BCUT2D eigenvalue weighted by molar-refractivity contribution is 7.89. The summed E-state index contributed by atoms with van der Waals surface area (Å²) in [5.41, 5.74) is 4.51. The fourth-order valence-corrected chi connectivity index (χ4v) is 4.49. The number of hydrogen-bond donors (Lipinski definition) is 2. The predicted molar refractivity (Wildman–Crippen MR) is 118 cm³/mol. The smallest absolute Gasteiger partial charge is 0.238 e. The largest absolute Gasteiger partial charge is 0.326 e. The Bertz CT molecular complexity index is 1300. The number of fused-ring (bicyclic) bond motifs is 1. The number of thiazole rings is 1. The number of aromatic nitrogens is 2. The van der Waals surface area contributed by atoms with Crippen LogP contribution < -0.4 is 10.5 Å². The molecule has 0 saturated carbocycles. The number of benzene rings is 2. The molecule has 0 unspecified atom stereocenters. The zero-order chi connectivity index (χ0) is 21.3. The van der Waals surface area contributed by atoms with E-state index in [0.29, 0.717) is 5.69 Å². The first-order valence-electron chi connectivity index (χ1n) is 9.31. The van der Waals surface area contributed by atoms with E-state index >= 15 is 0 Å². The van der Waals surface area contributed by atoms with E-state index in [4.69, 9.17) is 5.14 Å². The average molecular weight is 441 g/mol. The van der Waals surface area contributed by atoms with Crippen molar-refractivity contribution in [2.45, 2.75) is 24.7 Å². The number of carbonyl (C=O) groups is 1. The number of aryl methyl sites for hydroxylation is 1. The Kier molecular flexibility index (Phi) is 5.42. The molecule has 0 atom stereocenters. The molecule has 0 spiro atoms. The summed E-state index contributed by atoms with van der Waals surface area (Å²) in [5.74, 6) is -0.208. The zero-order valence-corrected chi connectivity index (χ0v) is 17.8. The van der Waals surface area contributed by atoms with Crippen LogP contribution in [0.2, 0.25) is 0 Å². The van der Waals surface area contributed by atoms with Gasteiger partial charge in [0.25, 0.3) is 0 Å². The van der Waals surface area contributed by atoms with E-state index in [1.165, 1.54) is 41.2 Å². The van der Waals surface area contributed by atoms with Crippen molar-refractivity contribution in [1.29, 1.82) is 0 Å². The van der Waals surface area contributed by atoms with E-state index in [9.17, 15) is 13.2 Å². The molecule has 2 aromatic carbocycles. The number of primary sulfonamides is 1. The van der Waals surface area contributed by atoms with Gasteiger partial charge in [-0.2, -0.15) is 0 Å². The first-order chi connectivity index (χ1) is 14.3. The lowest BCUT2D eigenvalue weighted by atomic mass is 10.1. The third-order valence-corrected chi connectivity index (χ3v) is 6.57. The molecule has 0 aliphatic rings. The molecular formula is C21H20N4O3S2. The molecule has 9 heteroatoms. The van der Waals surface area contributed by atoms with Crippen LogP contribution in [0.4, 0.5) is 5.69 Å². The lowest BCUT2D eigenvalue weighted by Gasteiger charge is -2.06. The van der Waals surface area contributed by atoms with Crippen LogP contribution >= 0.6 is 11.3 Å². The standard InChI is InChI=1S/C21H20N4O3S2/c1-2-14-3-5-15(6-4-14)19-12-25-17(13-29-21(25)24-19)11-20(26)23-16-7-9-18(10-8-16)30(22,27)28/h3-10,12-13H,2,11H2,1H3,(H,23,26)(H2,22,27,28). The molecular weight excluding hydrogens is 420 g/mol. The Balaban J connectivity index is 1.49. The van der Waals surface area contributed by atoms with Gasteiger partial charge in [-0.05, 0) is 36.2 Å². The van der Waals surface area contributed by atoms with Crippen LogP contribution in [0.5, 0.6) is 0 Å². The SMILES string of the molecule is CCc1ccc(-c2cn3c(CC(=O)Nc4ccc(S(N)(=O)=O)cc4)csc3n2)cc1. The van der Waals surface area contributed by atoms with Gasteiger partial charge in [0.2, 0.25) is 15.9 Å². The van der Waals surface area contributed by atoms with Crippen LogP contribution in [0, 0.1) is 0 Å². The van der Waals surface area contributed by atoms with Crippen molar-refractivity contribution < 1.29 is 13.2 Å². The Labute approximate surface area is 178 Å². The van der Waals surface area contributed by atoms with E-state index in [1.807, 2.05) is 16.0 Å². The zero-order valence-electron chi connectivity index (χ0n) is 16.2. The molecule has 154 valence electrons. The Hall–Kier alpha value is -3.01. The molecule has 0 radical (unpaired) electrons. The number of sulfonamides is 1. The first-order valence-corrected chi connectivity index (χ1v) is 11.7. The molecule has 7 nitrogen and oxygen atoms in total. The summed E-state index contributed by atoms with van der Waals surface area (Å²) < 4.78 is 24.6. The minimum Gasteiger partial charge on any atom is -0.326 e. The molecule has 30 heavy (non-hydrogen) atoms. The van der Waals surface area contributed by atoms with Crippen LogP contribution in [0.25, 0.3) is 16.2 Å². The number of anilines is 1. The molecule has 1 amide bonds. The van der Waals surface area contributed by atoms with Crippen molar-refractivity contribution >= 4 is 37.9 Å². The fraction of sp³-hybridized carbons (Fsp3) is 0.143. The van der Waals surface area contributed by atoms with Crippen LogP contribution in [-0.2, 0) is 27.7 Å². The van der Waals surface area contributed by atoms with E-state index in [1.54, 1.807) is 0 Å². The van der Waals surface area contributed by atoms with E-state index in [-0.39, 0.29) is 17.2 Å². The summed E-state index contributed by atoms with van der Waals surface area (Å²) in [6, 6.07) is 14.0. The topological polar surface area (TPSA) is 107 Å². The van der Waals surface area contributed by atoms with Gasteiger partial charge in [-0.15, -0.1) is 11.3 Å². The van der Waals surface area contributed by atoms with Gasteiger partial charge in [0.05, 0.1) is 17.0 Å². The van der Waals surface area contributed by atoms with Gasteiger partial charge in [0.15, 0.2) is 4.96 Å². The predicted octanol–water partition coefficient (Wildman–Crippen LogP) is 3.45. The van der Waals surface area contributed by atoms with E-state index in [2.05, 4.69) is 41.5 Å². The number of nitrogens with two attached hydrogens (primary N) is 1. The highest BCUT2D eigenvalue weighted by Crippen LogP contribution is 2.24. The van der Waals surface area contributed by atoms with Gasteiger partial charge >= 0.3 is 0 Å². The number of hydrogen-bond acceptors (Lipinski definition) is 5. The normalized spacial score (nSPS) is 11.7. The monoisotopic (exact) mass is 440 g/mol. The highest BCUT2D eigenvalue weighted by Gasteiger charge is 2.13. The molecule has 2 aromatic heterocycles. The molecule has 0 aliphatic heterocycles. The number of nitrogens with zero attached hydrogens (tertiary/aromatic N) is 2. The van der Waals surface area contributed by atoms with Crippen LogP contribution in [0.3, 0.4) is 0 Å². The third-order valence-electron chi connectivity index (χ3n) is 4.75. The van der Waals surface area contributed by atoms with Crippen molar-refractivity contribution in [2.24, 2.45) is 5.14 Å². The number of imidazole rings is 1. The van der Waals surface area contributed by atoms with Crippen LogP contribution in [0.1, 0.15) is 18.2 Å². The second-order valence-corrected chi connectivity index (χ2v) is 9.25. The number of rotatable bonds is 6. The van der Waals surface area contributed by atoms with Crippen molar-refractivity contribution in [3.63, 3.8) is 0 Å². The summed E-state index contributed by atoms with van der Waals surface area (Å²) in [6.45, 7) is 2.12. The van der Waals surface area contributed by atoms with E-state index in [0.717, 1.165) is 28.3 Å². The molecule has 0 aliphatic carbocycles. The van der Waals surface area contributed by atoms with Gasteiger partial charge in [0.1, 0.15) is 0 Å². The quantitative estimate of drug-likeness (QED) is 0.479. The first kappa shape index (κ1) is 20.3. The molecule has 2 heterocycles. The van der Waals surface area contributed by atoms with Gasteiger partial charge in [-0.3, -0.25) is 9.20 Å². The number of carbonyl (C=O) groups excluding carboxylic acids is 1. The van der Waals surface area contributed by atoms with Gasteiger partial charge in [-0.25, -0.2) is 18.5 Å². The molecule has 3 N–H and O–H groups in total. The lowest BCUT2D eigenvalue weighted by molar-refractivity contribution is -0.115. The average Bonchev–Trinajstić information content (AvgIpc) is 3.30. The Morgan fingerprint density at radius 1 is 1.13 bits per heavy atom. The maximum absolute atomic E-state index is 12.5. The molecule has 0 saturated heterocycles. The Morgan fingerprint density at radius 3 is 2.47 bits per heavy atom. The van der Waals surface area contributed by atoms with Crippen molar-refractivity contribution in [3.05, 3.63) is 71.4 Å². The minimum absolute atomic E-state index is 0.00189. The fourth-order valence-electron chi connectivity index (χ4n) is 3.10. The number of amides is 1. The van der Waals surface area contributed by atoms with Crippen LogP contribution in [0.15, 0.2) is 65.0 Å². The Morgan fingerprint density at radius 2 is 1.83 bits per heavy atom. The summed E-state index contributed by atoms with van der Waals surface area (Å²) >= 11 is 1.48. The van der Waals surface area contributed by atoms with E-state index < -0.39 is 10.0 Å².